The van der Waals surface area contributed by atoms with E-state index in [-0.39, 0.29) is 6.10 Å². The zero-order valence-electron chi connectivity index (χ0n) is 4.66. The van der Waals surface area contributed by atoms with E-state index in [2.05, 4.69) is 28.6 Å². The monoisotopic (exact) mass is 170 g/mol. The molecule has 1 unspecified atom stereocenters. The maximum absolute atomic E-state index is 10.4. The van der Waals surface area contributed by atoms with Crippen LogP contribution in [0.1, 0.15) is 13.8 Å². The van der Waals surface area contributed by atoms with E-state index in [9.17, 15) is 4.89 Å². The number of hydrogen-bond acceptors (Lipinski definition) is 4. The molecule has 0 bridgehead atoms. The summed E-state index contributed by atoms with van der Waals surface area (Å²) in [5.41, 5.74) is -3.06. The first kappa shape index (κ1) is 8.92. The van der Waals surface area contributed by atoms with E-state index in [1.165, 1.54) is 0 Å². The van der Waals surface area contributed by atoms with E-state index in [1.807, 2.05) is 0 Å². The summed E-state index contributed by atoms with van der Waals surface area (Å²) in [7, 11) is 0. The van der Waals surface area contributed by atoms with E-state index < -0.39 is 5.69 Å². The van der Waals surface area contributed by atoms with Crippen LogP contribution in [0.2, 0.25) is 0 Å². The van der Waals surface area contributed by atoms with Gasteiger partial charge in [-0.2, -0.15) is 0 Å². The Balaban J connectivity index is 3.56. The lowest BCUT2D eigenvalue weighted by atomic mass is 10.5. The van der Waals surface area contributed by atoms with Gasteiger partial charge < -0.3 is 21.7 Å². The van der Waals surface area contributed by atoms with E-state index in [0.717, 1.165) is 0 Å². The molecule has 0 amide bonds. The van der Waals surface area contributed by atoms with Crippen LogP contribution < -0.4 is 4.89 Å². The average Bonchev–Trinajstić information content (AvgIpc) is 1.21. The van der Waals surface area contributed by atoms with E-state index >= 15 is 0 Å². The van der Waals surface area contributed by atoms with Gasteiger partial charge in [0.1, 0.15) is 0 Å². The Hall–Kier alpha value is 0.920. The van der Waals surface area contributed by atoms with Crippen molar-refractivity contribution in [1.29, 1.82) is 0 Å². The smallest absolute Gasteiger partial charge is 0.0530 e. The Labute approximate surface area is 59.6 Å². The summed E-state index contributed by atoms with van der Waals surface area (Å²) in [6.45, 7) is 3.48. The van der Waals surface area contributed by atoms with Gasteiger partial charge in [0, 0.05) is 0 Å². The fraction of sp³-hybridized carbons (Fsp3) is 1.00. The third-order valence-corrected chi connectivity index (χ3v) is 1.54. The van der Waals surface area contributed by atoms with Gasteiger partial charge in [-0.15, -0.1) is 17.5 Å². The van der Waals surface area contributed by atoms with Crippen molar-refractivity contribution >= 4 is 29.7 Å². The fourth-order valence-corrected chi connectivity index (χ4v) is 1.81. The van der Waals surface area contributed by atoms with Crippen LogP contribution >= 0.6 is 5.69 Å². The highest BCUT2D eigenvalue weighted by Gasteiger charge is 1.88. The summed E-state index contributed by atoms with van der Waals surface area (Å²) >= 11 is 8.62. The first-order valence-corrected chi connectivity index (χ1v) is 5.77. The Kier molecular flexibility index (Phi) is 3.55. The summed E-state index contributed by atoms with van der Waals surface area (Å²) in [6, 6.07) is 0. The largest absolute Gasteiger partial charge is 0.819 e. The van der Waals surface area contributed by atoms with E-state index in [0.29, 0.717) is 0 Å². The van der Waals surface area contributed by atoms with Crippen LogP contribution in [-0.2, 0) is 28.6 Å². The van der Waals surface area contributed by atoms with Crippen molar-refractivity contribution in [2.24, 2.45) is 0 Å². The van der Waals surface area contributed by atoms with Crippen molar-refractivity contribution in [2.75, 3.05) is 0 Å². The summed E-state index contributed by atoms with van der Waals surface area (Å²) in [4.78, 5) is 10.4. The van der Waals surface area contributed by atoms with Gasteiger partial charge in [-0.3, -0.25) is 0 Å². The molecule has 50 valence electrons. The molecule has 1 atom stereocenters. The molecule has 8 heavy (non-hydrogen) atoms. The minimum absolute atomic E-state index is 0.129. The summed E-state index contributed by atoms with van der Waals surface area (Å²) < 4.78 is 4.62. The molecular formula is C3H7O2PS2-2. The molecule has 0 N–H and O–H groups in total. The molecule has 0 aromatic rings. The molecule has 0 aromatic carbocycles. The molecule has 0 rings (SSSR count). The van der Waals surface area contributed by atoms with Crippen LogP contribution in [0.3, 0.4) is 0 Å². The molecule has 0 aliphatic heterocycles. The second kappa shape index (κ2) is 3.18. The molecule has 0 radical (unpaired) electrons. The lowest BCUT2D eigenvalue weighted by Crippen LogP contribution is -2.06. The van der Waals surface area contributed by atoms with Crippen molar-refractivity contribution in [3.8, 4) is 0 Å². The quantitative estimate of drug-likeness (QED) is 0.447. The van der Waals surface area contributed by atoms with Crippen LogP contribution in [0.4, 0.5) is 0 Å². The van der Waals surface area contributed by atoms with Gasteiger partial charge in [0.25, 0.3) is 0 Å². The predicted octanol–water partition coefficient (Wildman–Crippen LogP) is 0.543. The summed E-state index contributed by atoms with van der Waals surface area (Å²) in [5.74, 6) is 0. The lowest BCUT2D eigenvalue weighted by Gasteiger charge is -2.36. The van der Waals surface area contributed by atoms with Crippen LogP contribution in [0.25, 0.3) is 0 Å². The second-order valence-corrected chi connectivity index (χ2v) is 6.28. The van der Waals surface area contributed by atoms with Gasteiger partial charge >= 0.3 is 0 Å². The highest BCUT2D eigenvalue weighted by atomic mass is 32.9. The molecular weight excluding hydrogens is 163 g/mol. The molecule has 0 saturated heterocycles. The summed E-state index contributed by atoms with van der Waals surface area (Å²) in [6.07, 6.45) is -0.129. The van der Waals surface area contributed by atoms with E-state index in [4.69, 9.17) is 0 Å². The summed E-state index contributed by atoms with van der Waals surface area (Å²) in [5, 5.41) is 0. The zero-order valence-corrected chi connectivity index (χ0v) is 7.18. The highest BCUT2D eigenvalue weighted by Crippen LogP contribution is 2.34. The standard InChI is InChI=1S/C3H9O2PS2/c1-3(2)5-6(4,7)8/h3H,1-2H3,(H2,4,7,8)/p-2. The Morgan fingerprint density at radius 3 is 2.12 bits per heavy atom. The Morgan fingerprint density at radius 1 is 1.75 bits per heavy atom. The molecule has 0 aromatic heterocycles. The van der Waals surface area contributed by atoms with E-state index in [1.54, 1.807) is 13.8 Å². The first-order chi connectivity index (χ1) is 3.42. The fourth-order valence-electron chi connectivity index (χ4n) is 0.258. The second-order valence-electron chi connectivity index (χ2n) is 1.60. The molecule has 0 aliphatic carbocycles. The number of rotatable bonds is 2. The van der Waals surface area contributed by atoms with Gasteiger partial charge in [0.2, 0.25) is 0 Å². The maximum Gasteiger partial charge on any atom is 0.0530 e. The van der Waals surface area contributed by atoms with Gasteiger partial charge in [-0.1, -0.05) is 0 Å². The van der Waals surface area contributed by atoms with Crippen molar-refractivity contribution in [3.05, 3.63) is 0 Å². The van der Waals surface area contributed by atoms with Crippen LogP contribution in [0.15, 0.2) is 0 Å². The van der Waals surface area contributed by atoms with Gasteiger partial charge in [0.05, 0.1) is 6.10 Å². The minimum atomic E-state index is -3.06. The Morgan fingerprint density at radius 2 is 2.12 bits per heavy atom. The van der Waals surface area contributed by atoms with Crippen molar-refractivity contribution in [2.45, 2.75) is 20.0 Å². The van der Waals surface area contributed by atoms with Crippen molar-refractivity contribution in [1.82, 2.24) is 0 Å². The third-order valence-electron chi connectivity index (χ3n) is 0.340. The number of hydrogen-bond donors (Lipinski definition) is 0. The van der Waals surface area contributed by atoms with Crippen LogP contribution in [0, 0.1) is 0 Å². The van der Waals surface area contributed by atoms with Gasteiger partial charge in [0.15, 0.2) is 0 Å². The normalized spacial score (nSPS) is 18.6. The molecule has 0 heterocycles. The first-order valence-electron chi connectivity index (χ1n) is 2.12. The zero-order chi connectivity index (χ0) is 6.78. The topological polar surface area (TPSA) is 32.3 Å². The molecule has 0 aliphatic rings. The predicted molar refractivity (Wildman–Crippen MR) is 37.9 cm³/mol. The maximum atomic E-state index is 10.4. The van der Waals surface area contributed by atoms with Crippen molar-refractivity contribution in [3.63, 3.8) is 0 Å². The SMILES string of the molecule is CC(C)OP([O-])(=S)[S-]. The van der Waals surface area contributed by atoms with Crippen molar-refractivity contribution < 1.29 is 9.42 Å². The lowest BCUT2D eigenvalue weighted by molar-refractivity contribution is -0.177. The third kappa shape index (κ3) is 6.92. The molecule has 0 saturated carbocycles. The van der Waals surface area contributed by atoms with Gasteiger partial charge in [-0.05, 0) is 13.8 Å². The molecule has 0 spiro atoms. The molecule has 5 heteroatoms. The van der Waals surface area contributed by atoms with Crippen LogP contribution in [-0.4, -0.2) is 6.10 Å². The van der Waals surface area contributed by atoms with Gasteiger partial charge in [-0.25, -0.2) is 0 Å². The average molecular weight is 170 g/mol. The highest BCUT2D eigenvalue weighted by molar-refractivity contribution is 8.50. The minimum Gasteiger partial charge on any atom is -0.819 e. The Bertz CT molecular complexity index is 108. The molecule has 2 nitrogen and oxygen atoms in total. The van der Waals surface area contributed by atoms with Crippen LogP contribution in [0.5, 0.6) is 0 Å². The molecule has 0 fully saturated rings.